The molecule has 2 aromatic heterocycles. The molecule has 2 heterocycles. The lowest BCUT2D eigenvalue weighted by atomic mass is 10.2. The molecule has 0 bridgehead atoms. The molecule has 0 aliphatic carbocycles. The number of rotatable bonds is 9. The highest BCUT2D eigenvalue weighted by molar-refractivity contribution is 6.30. The quantitative estimate of drug-likeness (QED) is 0.411. The first-order chi connectivity index (χ1) is 17.2. The molecule has 0 fully saturated rings. The van der Waals surface area contributed by atoms with Gasteiger partial charge in [0, 0.05) is 30.9 Å². The van der Waals surface area contributed by atoms with Crippen LogP contribution in [-0.2, 0) is 27.6 Å². The molecule has 0 radical (unpaired) electrons. The number of esters is 1. The number of nitrogens with one attached hydrogen (secondary N) is 2. The molecule has 3 rings (SSSR count). The van der Waals surface area contributed by atoms with Crippen molar-refractivity contribution in [2.24, 2.45) is 0 Å². The Morgan fingerprint density at radius 2 is 1.94 bits per heavy atom. The van der Waals surface area contributed by atoms with E-state index in [1.54, 1.807) is 19.2 Å². The number of carbonyl (C=O) groups is 3. The van der Waals surface area contributed by atoms with Crippen molar-refractivity contribution in [1.82, 2.24) is 20.1 Å². The van der Waals surface area contributed by atoms with Gasteiger partial charge in [-0.2, -0.15) is 5.10 Å². The smallest absolute Gasteiger partial charge is 0.417 e. The predicted molar refractivity (Wildman–Crippen MR) is 124 cm³/mol. The number of aromatic nitrogens is 3. The van der Waals surface area contributed by atoms with Crippen LogP contribution in [0.3, 0.4) is 0 Å². The second kappa shape index (κ2) is 12.0. The van der Waals surface area contributed by atoms with E-state index in [0.717, 1.165) is 21.7 Å². The molecule has 0 aliphatic rings. The highest BCUT2D eigenvalue weighted by atomic mass is 35.5. The summed E-state index contributed by atoms with van der Waals surface area (Å²) >= 11 is 6.07. The van der Waals surface area contributed by atoms with Gasteiger partial charge in [-0.3, -0.25) is 14.5 Å². The maximum atomic E-state index is 13.8. The summed E-state index contributed by atoms with van der Waals surface area (Å²) in [6, 6.07) is 7.12. The molecule has 2 amide bonds. The second-order valence-corrected chi connectivity index (χ2v) is 7.59. The zero-order chi connectivity index (χ0) is 26.2. The zero-order valence-electron chi connectivity index (χ0n) is 19.1. The van der Waals surface area contributed by atoms with Gasteiger partial charge in [0.1, 0.15) is 29.2 Å². The SMILES string of the molecule is CNCC(=O)OCc1cccnc1N(C)C(=O)OCn1nc(C(=O)Nc2ccc(F)cc2F)cc1Cl. The lowest BCUT2D eigenvalue weighted by Crippen LogP contribution is -2.30. The van der Waals surface area contributed by atoms with Gasteiger partial charge in [-0.15, -0.1) is 0 Å². The van der Waals surface area contributed by atoms with Crippen LogP contribution in [0.2, 0.25) is 5.15 Å². The summed E-state index contributed by atoms with van der Waals surface area (Å²) in [5.41, 5.74) is 0.0250. The summed E-state index contributed by atoms with van der Waals surface area (Å²) in [5, 5.41) is 8.83. The van der Waals surface area contributed by atoms with Gasteiger partial charge in [0.25, 0.3) is 5.91 Å². The molecule has 11 nitrogen and oxygen atoms in total. The molecular formula is C22H21ClF2N6O5. The number of hydrogen-bond acceptors (Lipinski definition) is 8. The average Bonchev–Trinajstić information content (AvgIpc) is 3.23. The highest BCUT2D eigenvalue weighted by Gasteiger charge is 2.20. The van der Waals surface area contributed by atoms with Crippen molar-refractivity contribution in [3.63, 3.8) is 0 Å². The normalized spacial score (nSPS) is 10.6. The van der Waals surface area contributed by atoms with E-state index in [0.29, 0.717) is 11.6 Å². The fourth-order valence-corrected chi connectivity index (χ4v) is 3.06. The topological polar surface area (TPSA) is 128 Å². The molecule has 14 heteroatoms. The van der Waals surface area contributed by atoms with Gasteiger partial charge in [-0.1, -0.05) is 17.7 Å². The summed E-state index contributed by atoms with van der Waals surface area (Å²) in [7, 11) is 3.01. The average molecular weight is 523 g/mol. The third-order valence-electron chi connectivity index (χ3n) is 4.62. The Balaban J connectivity index is 1.62. The minimum absolute atomic E-state index is 0.0248. The minimum Gasteiger partial charge on any atom is -0.460 e. The Kier molecular flexibility index (Phi) is 8.86. The molecule has 190 valence electrons. The van der Waals surface area contributed by atoms with Gasteiger partial charge < -0.3 is 20.1 Å². The number of halogens is 3. The first-order valence-electron chi connectivity index (χ1n) is 10.3. The van der Waals surface area contributed by atoms with Crippen LogP contribution < -0.4 is 15.5 Å². The first-order valence-corrected chi connectivity index (χ1v) is 10.7. The summed E-state index contributed by atoms with van der Waals surface area (Å²) in [5.74, 6) is -2.84. The van der Waals surface area contributed by atoms with E-state index >= 15 is 0 Å². The summed E-state index contributed by atoms with van der Waals surface area (Å²) in [6.45, 7) is -0.546. The van der Waals surface area contributed by atoms with Crippen molar-refractivity contribution < 1.29 is 32.6 Å². The zero-order valence-corrected chi connectivity index (χ0v) is 19.9. The predicted octanol–water partition coefficient (Wildman–Crippen LogP) is 2.96. The molecular weight excluding hydrogens is 502 g/mol. The number of pyridine rings is 1. The molecule has 0 saturated heterocycles. The van der Waals surface area contributed by atoms with Crippen LogP contribution >= 0.6 is 11.6 Å². The molecule has 3 aromatic rings. The van der Waals surface area contributed by atoms with Crippen LogP contribution in [0, 0.1) is 11.6 Å². The van der Waals surface area contributed by atoms with Crippen LogP contribution in [0.5, 0.6) is 0 Å². The number of ether oxygens (including phenoxy) is 2. The van der Waals surface area contributed by atoms with E-state index in [2.05, 4.69) is 20.7 Å². The molecule has 0 atom stereocenters. The van der Waals surface area contributed by atoms with Gasteiger partial charge in [0.2, 0.25) is 0 Å². The lowest BCUT2D eigenvalue weighted by Gasteiger charge is -2.19. The van der Waals surface area contributed by atoms with E-state index < -0.39 is 36.3 Å². The van der Waals surface area contributed by atoms with E-state index in [1.165, 1.54) is 19.3 Å². The van der Waals surface area contributed by atoms with Gasteiger partial charge in [-0.25, -0.2) is 23.2 Å². The third-order valence-corrected chi connectivity index (χ3v) is 4.93. The number of anilines is 2. The van der Waals surface area contributed by atoms with Crippen molar-refractivity contribution in [1.29, 1.82) is 0 Å². The highest BCUT2D eigenvalue weighted by Crippen LogP contribution is 2.20. The molecule has 0 aliphatic heterocycles. The van der Waals surface area contributed by atoms with E-state index in [4.69, 9.17) is 21.1 Å². The maximum absolute atomic E-state index is 13.8. The summed E-state index contributed by atoms with van der Waals surface area (Å²) in [4.78, 5) is 41.8. The summed E-state index contributed by atoms with van der Waals surface area (Å²) < 4.78 is 38.2. The van der Waals surface area contributed by atoms with Crippen LogP contribution in [0.15, 0.2) is 42.6 Å². The van der Waals surface area contributed by atoms with Crippen molar-refractivity contribution in [3.8, 4) is 0 Å². The van der Waals surface area contributed by atoms with E-state index in [9.17, 15) is 23.2 Å². The third kappa shape index (κ3) is 6.73. The fourth-order valence-electron chi connectivity index (χ4n) is 2.87. The maximum Gasteiger partial charge on any atom is 0.417 e. The molecule has 0 saturated carbocycles. The Hall–Kier alpha value is -4.10. The Morgan fingerprint density at radius 1 is 1.17 bits per heavy atom. The van der Waals surface area contributed by atoms with Crippen LogP contribution in [0.4, 0.5) is 25.1 Å². The van der Waals surface area contributed by atoms with Crippen LogP contribution in [0.1, 0.15) is 16.1 Å². The number of amides is 2. The largest absolute Gasteiger partial charge is 0.460 e. The van der Waals surface area contributed by atoms with Crippen molar-refractivity contribution in [3.05, 3.63) is 70.6 Å². The van der Waals surface area contributed by atoms with Crippen LogP contribution in [0.25, 0.3) is 0 Å². The van der Waals surface area contributed by atoms with Gasteiger partial charge in [0.15, 0.2) is 12.4 Å². The Labute approximate surface area is 208 Å². The number of nitrogens with zero attached hydrogens (tertiary/aromatic N) is 4. The number of benzene rings is 1. The molecule has 36 heavy (non-hydrogen) atoms. The molecule has 0 spiro atoms. The minimum atomic E-state index is -0.962. The monoisotopic (exact) mass is 522 g/mol. The standard InChI is InChI=1S/C22H21ClF2N6O5/c1-26-10-19(32)35-11-13-4-3-7-27-20(13)30(2)22(34)36-12-31-18(23)9-17(29-31)21(33)28-16-6-5-14(24)8-15(16)25/h3-9,26H,10-12H2,1-2H3,(H,28,33). The van der Waals surface area contributed by atoms with Crippen molar-refractivity contribution >= 4 is 41.1 Å². The number of carbonyl (C=O) groups excluding carboxylic acids is 3. The second-order valence-electron chi connectivity index (χ2n) is 7.21. The fraction of sp³-hybridized carbons (Fsp3) is 0.227. The summed E-state index contributed by atoms with van der Waals surface area (Å²) in [6.07, 6.45) is 0.625. The van der Waals surface area contributed by atoms with Crippen LogP contribution in [-0.4, -0.2) is 53.4 Å². The van der Waals surface area contributed by atoms with Gasteiger partial charge >= 0.3 is 12.1 Å². The number of likely N-dealkylation sites (N-methyl/N-ethyl adjacent to an activating group) is 1. The Bertz CT molecular complexity index is 1270. The van der Waals surface area contributed by atoms with Gasteiger partial charge in [0.05, 0.1) is 12.2 Å². The first kappa shape index (κ1) is 26.5. The Morgan fingerprint density at radius 3 is 2.67 bits per heavy atom. The number of hydrogen-bond donors (Lipinski definition) is 2. The van der Waals surface area contributed by atoms with Gasteiger partial charge in [-0.05, 0) is 25.2 Å². The molecule has 0 unspecified atom stereocenters. The molecule has 1 aromatic carbocycles. The molecule has 2 N–H and O–H groups in total. The van der Waals surface area contributed by atoms with Crippen molar-refractivity contribution in [2.45, 2.75) is 13.3 Å². The van der Waals surface area contributed by atoms with E-state index in [1.807, 2.05) is 0 Å². The van der Waals surface area contributed by atoms with Crippen molar-refractivity contribution in [2.75, 3.05) is 30.9 Å². The lowest BCUT2D eigenvalue weighted by molar-refractivity contribution is -0.143. The van der Waals surface area contributed by atoms with E-state index in [-0.39, 0.29) is 35.5 Å².